The number of aromatic nitrogens is 1. The third kappa shape index (κ3) is 3.41. The normalized spacial score (nSPS) is 11.5. The van der Waals surface area contributed by atoms with Gasteiger partial charge in [0.1, 0.15) is 11.6 Å². The van der Waals surface area contributed by atoms with E-state index < -0.39 is 17.5 Å². The Morgan fingerprint density at radius 3 is 2.36 bits per heavy atom. The van der Waals surface area contributed by atoms with E-state index in [2.05, 4.69) is 15.6 Å². The monoisotopic (exact) mass is 299 g/mol. The van der Waals surface area contributed by atoms with E-state index in [-0.39, 0.29) is 11.5 Å². The summed E-state index contributed by atoms with van der Waals surface area (Å²) in [5.74, 6) is -0.957. The highest BCUT2D eigenvalue weighted by Gasteiger charge is 2.23. The summed E-state index contributed by atoms with van der Waals surface area (Å²) in [4.78, 5) is 38.7. The number of hydrogen-bond acceptors (Lipinski definition) is 3. The molecule has 114 valence electrons. The molecule has 2 rings (SSSR count). The number of pyridine rings is 1. The van der Waals surface area contributed by atoms with Crippen LogP contribution in [-0.2, 0) is 4.79 Å². The topological polar surface area (TPSA) is 91.1 Å². The fourth-order valence-corrected chi connectivity index (χ4v) is 2.05. The standard InChI is InChI=1S/C16H17N3O3/c1-10-8-9-12(14(20)18-10)15(21)19-13(16(22)17-2)11-6-4-3-5-7-11/h3-9,13H,1-2H3,(H,17,22)(H,18,20)(H,19,21)/t13-/m1/s1. The first-order chi connectivity index (χ1) is 10.5. The first kappa shape index (κ1) is 15.5. The van der Waals surface area contributed by atoms with E-state index >= 15 is 0 Å². The molecule has 2 aromatic rings. The van der Waals surface area contributed by atoms with Gasteiger partial charge in [-0.05, 0) is 24.6 Å². The lowest BCUT2D eigenvalue weighted by molar-refractivity contribution is -0.122. The molecule has 0 bridgehead atoms. The van der Waals surface area contributed by atoms with Crippen LogP contribution in [0.2, 0.25) is 0 Å². The summed E-state index contributed by atoms with van der Waals surface area (Å²) in [6, 6.07) is 11.0. The molecule has 1 heterocycles. The van der Waals surface area contributed by atoms with Gasteiger partial charge in [-0.3, -0.25) is 14.4 Å². The second-order valence-corrected chi connectivity index (χ2v) is 4.82. The van der Waals surface area contributed by atoms with E-state index in [0.29, 0.717) is 11.3 Å². The summed E-state index contributed by atoms with van der Waals surface area (Å²) >= 11 is 0. The van der Waals surface area contributed by atoms with Crippen molar-refractivity contribution in [3.05, 3.63) is 69.6 Å². The Hall–Kier alpha value is -2.89. The summed E-state index contributed by atoms with van der Waals surface area (Å²) in [5, 5.41) is 5.09. The number of likely N-dealkylation sites (N-methyl/N-ethyl adjacent to an activating group) is 1. The Bertz CT molecular complexity index is 738. The van der Waals surface area contributed by atoms with E-state index in [1.54, 1.807) is 37.3 Å². The zero-order valence-electron chi connectivity index (χ0n) is 12.3. The number of H-pyrrole nitrogens is 1. The van der Waals surface area contributed by atoms with Crippen molar-refractivity contribution in [1.29, 1.82) is 0 Å². The summed E-state index contributed by atoms with van der Waals surface area (Å²) in [5.41, 5.74) is 0.780. The first-order valence-corrected chi connectivity index (χ1v) is 6.80. The average molecular weight is 299 g/mol. The lowest BCUT2D eigenvalue weighted by Gasteiger charge is -2.17. The number of nitrogens with one attached hydrogen (secondary N) is 3. The van der Waals surface area contributed by atoms with Crippen LogP contribution in [0, 0.1) is 6.92 Å². The second-order valence-electron chi connectivity index (χ2n) is 4.82. The van der Waals surface area contributed by atoms with E-state index in [1.807, 2.05) is 6.07 Å². The largest absolute Gasteiger partial charge is 0.357 e. The van der Waals surface area contributed by atoms with Crippen LogP contribution in [0.4, 0.5) is 0 Å². The van der Waals surface area contributed by atoms with Gasteiger partial charge in [0.2, 0.25) is 5.91 Å². The molecule has 0 saturated heterocycles. The summed E-state index contributed by atoms with van der Waals surface area (Å²) < 4.78 is 0. The van der Waals surface area contributed by atoms with Crippen LogP contribution in [-0.4, -0.2) is 23.8 Å². The number of carbonyl (C=O) groups is 2. The Kier molecular flexibility index (Phi) is 4.73. The number of benzene rings is 1. The van der Waals surface area contributed by atoms with Crippen LogP contribution >= 0.6 is 0 Å². The van der Waals surface area contributed by atoms with Gasteiger partial charge in [0, 0.05) is 12.7 Å². The SMILES string of the molecule is CNC(=O)[C@H](NC(=O)c1ccc(C)[nH]c1=O)c1ccccc1. The molecule has 1 aromatic heterocycles. The highest BCUT2D eigenvalue weighted by Crippen LogP contribution is 2.13. The molecule has 22 heavy (non-hydrogen) atoms. The Morgan fingerprint density at radius 2 is 1.77 bits per heavy atom. The Labute approximate surface area is 127 Å². The fourth-order valence-electron chi connectivity index (χ4n) is 2.05. The molecule has 0 aliphatic heterocycles. The van der Waals surface area contributed by atoms with Crippen LogP contribution < -0.4 is 16.2 Å². The molecule has 0 aliphatic rings. The lowest BCUT2D eigenvalue weighted by Crippen LogP contribution is -2.40. The third-order valence-corrected chi connectivity index (χ3v) is 3.22. The molecule has 2 amide bonds. The van der Waals surface area contributed by atoms with Crippen LogP contribution in [0.5, 0.6) is 0 Å². The van der Waals surface area contributed by atoms with Crippen molar-refractivity contribution < 1.29 is 9.59 Å². The molecule has 6 nitrogen and oxygen atoms in total. The maximum Gasteiger partial charge on any atom is 0.260 e. The molecular weight excluding hydrogens is 282 g/mol. The Balaban J connectivity index is 2.29. The van der Waals surface area contributed by atoms with Crippen molar-refractivity contribution in [1.82, 2.24) is 15.6 Å². The van der Waals surface area contributed by atoms with Crippen molar-refractivity contribution in [2.75, 3.05) is 7.05 Å². The second kappa shape index (κ2) is 6.71. The summed E-state index contributed by atoms with van der Waals surface area (Å²) in [6.07, 6.45) is 0. The third-order valence-electron chi connectivity index (χ3n) is 3.22. The van der Waals surface area contributed by atoms with Crippen molar-refractivity contribution in [2.45, 2.75) is 13.0 Å². The van der Waals surface area contributed by atoms with E-state index in [0.717, 1.165) is 0 Å². The first-order valence-electron chi connectivity index (χ1n) is 6.80. The minimum Gasteiger partial charge on any atom is -0.357 e. The predicted molar refractivity (Wildman–Crippen MR) is 82.5 cm³/mol. The molecule has 0 fully saturated rings. The summed E-state index contributed by atoms with van der Waals surface area (Å²) in [6.45, 7) is 1.72. The molecule has 0 saturated carbocycles. The van der Waals surface area contributed by atoms with Crippen LogP contribution in [0.15, 0.2) is 47.3 Å². The fraction of sp³-hybridized carbons (Fsp3) is 0.188. The van der Waals surface area contributed by atoms with Gasteiger partial charge in [0.15, 0.2) is 0 Å². The molecule has 0 radical (unpaired) electrons. The number of aromatic amines is 1. The number of rotatable bonds is 4. The van der Waals surface area contributed by atoms with E-state index in [9.17, 15) is 14.4 Å². The average Bonchev–Trinajstić information content (AvgIpc) is 2.52. The van der Waals surface area contributed by atoms with Crippen molar-refractivity contribution >= 4 is 11.8 Å². The molecule has 0 unspecified atom stereocenters. The molecule has 0 aliphatic carbocycles. The van der Waals surface area contributed by atoms with Gasteiger partial charge in [0.25, 0.3) is 11.5 Å². The molecule has 1 atom stereocenters. The quantitative estimate of drug-likeness (QED) is 0.783. The highest BCUT2D eigenvalue weighted by molar-refractivity contribution is 5.97. The van der Waals surface area contributed by atoms with Crippen molar-refractivity contribution in [3.63, 3.8) is 0 Å². The van der Waals surface area contributed by atoms with Crippen LogP contribution in [0.25, 0.3) is 0 Å². The minimum absolute atomic E-state index is 0.0320. The highest BCUT2D eigenvalue weighted by atomic mass is 16.2. The lowest BCUT2D eigenvalue weighted by atomic mass is 10.1. The number of amides is 2. The van der Waals surface area contributed by atoms with Gasteiger partial charge in [-0.1, -0.05) is 30.3 Å². The smallest absolute Gasteiger partial charge is 0.260 e. The molecular formula is C16H17N3O3. The van der Waals surface area contributed by atoms with Gasteiger partial charge in [-0.25, -0.2) is 0 Å². The van der Waals surface area contributed by atoms with Gasteiger partial charge in [-0.2, -0.15) is 0 Å². The number of aryl methyl sites for hydroxylation is 1. The zero-order chi connectivity index (χ0) is 16.1. The van der Waals surface area contributed by atoms with E-state index in [1.165, 1.54) is 13.1 Å². The van der Waals surface area contributed by atoms with Gasteiger partial charge >= 0.3 is 0 Å². The maximum absolute atomic E-state index is 12.3. The van der Waals surface area contributed by atoms with E-state index in [4.69, 9.17) is 0 Å². The van der Waals surface area contributed by atoms with Gasteiger partial charge in [0.05, 0.1) is 0 Å². The van der Waals surface area contributed by atoms with Crippen molar-refractivity contribution in [2.24, 2.45) is 0 Å². The van der Waals surface area contributed by atoms with Gasteiger partial charge < -0.3 is 15.6 Å². The molecule has 0 spiro atoms. The number of carbonyl (C=O) groups excluding carboxylic acids is 2. The van der Waals surface area contributed by atoms with Crippen molar-refractivity contribution in [3.8, 4) is 0 Å². The molecule has 3 N–H and O–H groups in total. The van der Waals surface area contributed by atoms with Crippen LogP contribution in [0.3, 0.4) is 0 Å². The zero-order valence-corrected chi connectivity index (χ0v) is 12.3. The maximum atomic E-state index is 12.3. The molecule has 1 aromatic carbocycles. The molecule has 6 heteroatoms. The van der Waals surface area contributed by atoms with Crippen LogP contribution in [0.1, 0.15) is 27.7 Å². The van der Waals surface area contributed by atoms with Gasteiger partial charge in [-0.15, -0.1) is 0 Å². The minimum atomic E-state index is -0.862. The summed E-state index contributed by atoms with van der Waals surface area (Å²) in [7, 11) is 1.49. The predicted octanol–water partition coefficient (Wildman–Crippen LogP) is 0.900. The Morgan fingerprint density at radius 1 is 1.09 bits per heavy atom. The number of hydrogen-bond donors (Lipinski definition) is 3.